The van der Waals surface area contributed by atoms with Gasteiger partial charge in [-0.25, -0.2) is 0 Å². The smallest absolute Gasteiger partial charge is 0.311 e. The van der Waals surface area contributed by atoms with Gasteiger partial charge in [-0.05, 0) is 24.8 Å². The summed E-state index contributed by atoms with van der Waals surface area (Å²) in [5.74, 6) is 0.673. The van der Waals surface area contributed by atoms with Crippen molar-refractivity contribution in [3.8, 4) is 5.75 Å². The molecule has 0 fully saturated rings. The van der Waals surface area contributed by atoms with Gasteiger partial charge in [0.25, 0.3) is 0 Å². The summed E-state index contributed by atoms with van der Waals surface area (Å²) in [5, 5.41) is 23.9. The zero-order valence-corrected chi connectivity index (χ0v) is 12.8. The van der Waals surface area contributed by atoms with Gasteiger partial charge in [0, 0.05) is 24.4 Å². The standard InChI is InChI=1S/C15H24N2O4/c1-4-7-21-15-9-12(5-6-14(15)17(19)20)16-10-13(18)8-11(2)3/h5-6,9,11,13,16,18H,4,7-8,10H2,1-3H3. The Bertz CT molecular complexity index is 463. The van der Waals surface area contributed by atoms with Gasteiger partial charge in [-0.2, -0.15) is 0 Å². The van der Waals surface area contributed by atoms with E-state index in [9.17, 15) is 15.2 Å². The van der Waals surface area contributed by atoms with Crippen molar-refractivity contribution in [3.63, 3.8) is 0 Å². The molecular weight excluding hydrogens is 272 g/mol. The molecule has 0 saturated carbocycles. The maximum Gasteiger partial charge on any atom is 0.311 e. The van der Waals surface area contributed by atoms with E-state index in [0.717, 1.165) is 6.42 Å². The third-order valence-corrected chi connectivity index (χ3v) is 2.90. The fourth-order valence-electron chi connectivity index (χ4n) is 1.97. The predicted octanol–water partition coefficient (Wildman–Crippen LogP) is 3.20. The van der Waals surface area contributed by atoms with E-state index in [-0.39, 0.29) is 11.4 Å². The molecule has 0 spiro atoms. The number of hydrogen-bond acceptors (Lipinski definition) is 5. The molecule has 0 aliphatic rings. The van der Waals surface area contributed by atoms with Gasteiger partial charge < -0.3 is 15.2 Å². The number of nitrogens with zero attached hydrogens (tertiary/aromatic N) is 1. The highest BCUT2D eigenvalue weighted by Crippen LogP contribution is 2.30. The average molecular weight is 296 g/mol. The number of nitro groups is 1. The van der Waals surface area contributed by atoms with Gasteiger partial charge in [0.2, 0.25) is 0 Å². The lowest BCUT2D eigenvalue weighted by atomic mass is 10.1. The Morgan fingerprint density at radius 1 is 1.43 bits per heavy atom. The molecule has 0 aromatic heterocycles. The van der Waals surface area contributed by atoms with Crippen LogP contribution in [0.1, 0.15) is 33.6 Å². The first kappa shape index (κ1) is 17.2. The Hall–Kier alpha value is -1.82. The van der Waals surface area contributed by atoms with Crippen molar-refractivity contribution >= 4 is 11.4 Å². The van der Waals surface area contributed by atoms with Crippen LogP contribution in [0.5, 0.6) is 5.75 Å². The molecule has 1 rings (SSSR count). The summed E-state index contributed by atoms with van der Waals surface area (Å²) in [4.78, 5) is 10.5. The second-order valence-corrected chi connectivity index (χ2v) is 5.45. The highest BCUT2D eigenvalue weighted by atomic mass is 16.6. The van der Waals surface area contributed by atoms with E-state index in [0.29, 0.717) is 31.2 Å². The van der Waals surface area contributed by atoms with Gasteiger partial charge in [0.05, 0.1) is 17.6 Å². The zero-order chi connectivity index (χ0) is 15.8. The largest absolute Gasteiger partial charge is 0.487 e. The lowest BCUT2D eigenvalue weighted by Gasteiger charge is -2.15. The molecule has 0 bridgehead atoms. The van der Waals surface area contributed by atoms with Crippen LogP contribution in [0.3, 0.4) is 0 Å². The molecule has 0 aliphatic heterocycles. The van der Waals surface area contributed by atoms with E-state index in [1.807, 2.05) is 20.8 Å². The van der Waals surface area contributed by atoms with E-state index in [1.54, 1.807) is 12.1 Å². The van der Waals surface area contributed by atoms with Gasteiger partial charge in [-0.1, -0.05) is 20.8 Å². The number of benzene rings is 1. The van der Waals surface area contributed by atoms with Crippen molar-refractivity contribution in [2.45, 2.75) is 39.7 Å². The SMILES string of the molecule is CCCOc1cc(NCC(O)CC(C)C)ccc1[N+](=O)[O-]. The molecule has 1 atom stereocenters. The van der Waals surface area contributed by atoms with E-state index in [4.69, 9.17) is 4.74 Å². The number of ether oxygens (including phenoxy) is 1. The van der Waals surface area contributed by atoms with Crippen LogP contribution >= 0.6 is 0 Å². The molecule has 1 aromatic rings. The van der Waals surface area contributed by atoms with Crippen LogP contribution in [0, 0.1) is 16.0 Å². The summed E-state index contributed by atoms with van der Waals surface area (Å²) in [6.07, 6.45) is 1.04. The Morgan fingerprint density at radius 3 is 2.71 bits per heavy atom. The van der Waals surface area contributed by atoms with Gasteiger partial charge in [0.15, 0.2) is 5.75 Å². The third-order valence-electron chi connectivity index (χ3n) is 2.90. The number of nitro benzene ring substituents is 1. The Balaban J connectivity index is 2.73. The fourth-order valence-corrected chi connectivity index (χ4v) is 1.97. The van der Waals surface area contributed by atoms with Crippen molar-refractivity contribution in [1.82, 2.24) is 0 Å². The van der Waals surface area contributed by atoms with Crippen molar-refractivity contribution in [2.24, 2.45) is 5.92 Å². The van der Waals surface area contributed by atoms with Crippen molar-refractivity contribution in [2.75, 3.05) is 18.5 Å². The molecule has 21 heavy (non-hydrogen) atoms. The van der Waals surface area contributed by atoms with Crippen LogP contribution < -0.4 is 10.1 Å². The summed E-state index contributed by atoms with van der Waals surface area (Å²) in [7, 11) is 0. The molecule has 0 amide bonds. The number of rotatable bonds is 9. The molecule has 6 nitrogen and oxygen atoms in total. The van der Waals surface area contributed by atoms with Crippen LogP contribution in [-0.4, -0.2) is 29.3 Å². The summed E-state index contributed by atoms with van der Waals surface area (Å²) in [6.45, 7) is 6.87. The number of hydrogen-bond donors (Lipinski definition) is 2. The lowest BCUT2D eigenvalue weighted by Crippen LogP contribution is -2.21. The minimum absolute atomic E-state index is 0.0447. The molecule has 1 unspecified atom stereocenters. The van der Waals surface area contributed by atoms with Crippen molar-refractivity contribution in [3.05, 3.63) is 28.3 Å². The molecular formula is C15H24N2O4. The highest BCUT2D eigenvalue weighted by Gasteiger charge is 2.16. The first-order chi connectivity index (χ1) is 9.93. The lowest BCUT2D eigenvalue weighted by molar-refractivity contribution is -0.385. The molecule has 0 saturated heterocycles. The van der Waals surface area contributed by atoms with Gasteiger partial charge >= 0.3 is 5.69 Å². The summed E-state index contributed by atoms with van der Waals surface area (Å²) in [6, 6.07) is 4.65. The fraction of sp³-hybridized carbons (Fsp3) is 0.600. The molecule has 1 aromatic carbocycles. The first-order valence-corrected chi connectivity index (χ1v) is 7.27. The van der Waals surface area contributed by atoms with Crippen LogP contribution in [0.4, 0.5) is 11.4 Å². The van der Waals surface area contributed by atoms with Crippen LogP contribution in [0.2, 0.25) is 0 Å². The summed E-state index contributed by atoms with van der Waals surface area (Å²) < 4.78 is 5.42. The first-order valence-electron chi connectivity index (χ1n) is 7.27. The minimum Gasteiger partial charge on any atom is -0.487 e. The maximum absolute atomic E-state index is 10.9. The zero-order valence-electron chi connectivity index (χ0n) is 12.8. The van der Waals surface area contributed by atoms with Crippen LogP contribution in [0.15, 0.2) is 18.2 Å². The summed E-state index contributed by atoms with van der Waals surface area (Å²) >= 11 is 0. The second kappa shape index (κ2) is 8.46. The second-order valence-electron chi connectivity index (χ2n) is 5.45. The maximum atomic E-state index is 10.9. The minimum atomic E-state index is -0.456. The monoisotopic (exact) mass is 296 g/mol. The Kier molecular flexibility index (Phi) is 6.94. The van der Waals surface area contributed by atoms with Crippen LogP contribution in [-0.2, 0) is 0 Å². The van der Waals surface area contributed by atoms with E-state index < -0.39 is 11.0 Å². The molecule has 2 N–H and O–H groups in total. The predicted molar refractivity (Wildman–Crippen MR) is 82.8 cm³/mol. The number of anilines is 1. The Labute approximate surface area is 125 Å². The summed E-state index contributed by atoms with van der Waals surface area (Å²) in [5.41, 5.74) is 0.659. The van der Waals surface area contributed by atoms with Gasteiger partial charge in [-0.15, -0.1) is 0 Å². The molecule has 6 heteroatoms. The number of aliphatic hydroxyl groups excluding tert-OH is 1. The quantitative estimate of drug-likeness (QED) is 0.540. The average Bonchev–Trinajstić information content (AvgIpc) is 2.42. The van der Waals surface area contributed by atoms with E-state index >= 15 is 0 Å². The van der Waals surface area contributed by atoms with E-state index in [1.165, 1.54) is 6.07 Å². The molecule has 0 aliphatic carbocycles. The normalized spacial score (nSPS) is 12.2. The molecule has 0 radical (unpaired) electrons. The van der Waals surface area contributed by atoms with Crippen LogP contribution in [0.25, 0.3) is 0 Å². The van der Waals surface area contributed by atoms with Gasteiger partial charge in [0.1, 0.15) is 0 Å². The topological polar surface area (TPSA) is 84.6 Å². The Morgan fingerprint density at radius 2 is 2.14 bits per heavy atom. The molecule has 0 heterocycles. The van der Waals surface area contributed by atoms with E-state index in [2.05, 4.69) is 5.32 Å². The van der Waals surface area contributed by atoms with Crippen molar-refractivity contribution in [1.29, 1.82) is 0 Å². The highest BCUT2D eigenvalue weighted by molar-refractivity contribution is 5.58. The third kappa shape index (κ3) is 5.99. The number of aliphatic hydroxyl groups is 1. The molecule has 118 valence electrons. The van der Waals surface area contributed by atoms with Gasteiger partial charge in [-0.3, -0.25) is 10.1 Å². The number of nitrogens with one attached hydrogen (secondary N) is 1. The van der Waals surface area contributed by atoms with Crippen molar-refractivity contribution < 1.29 is 14.8 Å².